The van der Waals surface area contributed by atoms with Crippen molar-refractivity contribution in [2.75, 3.05) is 12.4 Å². The summed E-state index contributed by atoms with van der Waals surface area (Å²) in [6, 6.07) is 6.35. The van der Waals surface area contributed by atoms with Gasteiger partial charge in [-0.3, -0.25) is 4.79 Å². The van der Waals surface area contributed by atoms with E-state index in [0.29, 0.717) is 0 Å². The van der Waals surface area contributed by atoms with Crippen LogP contribution in [0, 0.1) is 11.6 Å². The Morgan fingerprint density at radius 2 is 1.92 bits per heavy atom. The van der Waals surface area contributed by atoms with Gasteiger partial charge >= 0.3 is 5.97 Å². The lowest BCUT2D eigenvalue weighted by molar-refractivity contribution is -0.135. The lowest BCUT2D eigenvalue weighted by Gasteiger charge is -2.12. The molecule has 0 aliphatic heterocycles. The van der Waals surface area contributed by atoms with Crippen molar-refractivity contribution in [3.63, 3.8) is 0 Å². The maximum Gasteiger partial charge on any atom is 0.375 e. The van der Waals surface area contributed by atoms with Crippen LogP contribution in [0.5, 0.6) is 5.75 Å². The van der Waals surface area contributed by atoms with E-state index in [4.69, 9.17) is 21.4 Å². The fourth-order valence-electron chi connectivity index (χ4n) is 1.90. The van der Waals surface area contributed by atoms with Crippen molar-refractivity contribution < 1.29 is 33.0 Å². The van der Waals surface area contributed by atoms with Crippen molar-refractivity contribution in [1.29, 1.82) is 0 Å². The predicted molar refractivity (Wildman–Crippen MR) is 89.1 cm³/mol. The van der Waals surface area contributed by atoms with Crippen molar-refractivity contribution in [1.82, 2.24) is 0 Å². The summed E-state index contributed by atoms with van der Waals surface area (Å²) in [7, 11) is 1.22. The number of anilines is 1. The number of methoxy groups -OCH3 is 1. The van der Waals surface area contributed by atoms with Crippen LogP contribution >= 0.6 is 11.6 Å². The van der Waals surface area contributed by atoms with Crippen LogP contribution in [0.25, 0.3) is 0 Å². The molecule has 2 aromatic rings. The Bertz CT molecular complexity index is 885. The van der Waals surface area contributed by atoms with Crippen molar-refractivity contribution in [2.45, 2.75) is 0 Å². The second kappa shape index (κ2) is 8.30. The van der Waals surface area contributed by atoms with Gasteiger partial charge in [-0.1, -0.05) is 11.6 Å². The van der Waals surface area contributed by atoms with E-state index in [2.05, 4.69) is 10.1 Å². The number of benzene rings is 2. The Labute approximate surface area is 151 Å². The maximum atomic E-state index is 13.7. The van der Waals surface area contributed by atoms with Gasteiger partial charge in [0.15, 0.2) is 0 Å². The molecule has 136 valence electrons. The quantitative estimate of drug-likeness (QED) is 0.585. The average molecular weight is 384 g/mol. The van der Waals surface area contributed by atoms with Crippen LogP contribution in [0.4, 0.5) is 14.5 Å². The fraction of sp³-hybridized carbons (Fsp3) is 0.0588. The molecule has 1 amide bonds. The van der Waals surface area contributed by atoms with E-state index in [0.717, 1.165) is 24.5 Å². The van der Waals surface area contributed by atoms with E-state index in [1.165, 1.54) is 25.3 Å². The minimum Gasteiger partial charge on any atom is -0.500 e. The van der Waals surface area contributed by atoms with Crippen molar-refractivity contribution >= 4 is 29.2 Å². The molecule has 0 aliphatic rings. The molecule has 26 heavy (non-hydrogen) atoms. The zero-order chi connectivity index (χ0) is 19.3. The Kier molecular flexibility index (Phi) is 6.13. The molecular weight excluding hydrogens is 372 g/mol. The zero-order valence-corrected chi connectivity index (χ0v) is 14.0. The molecule has 0 fully saturated rings. The minimum atomic E-state index is -1.44. The highest BCUT2D eigenvalue weighted by Gasteiger charge is 2.19. The lowest BCUT2D eigenvalue weighted by atomic mass is 10.1. The molecule has 0 saturated carbocycles. The summed E-state index contributed by atoms with van der Waals surface area (Å²) in [5.41, 5.74) is -0.587. The van der Waals surface area contributed by atoms with Gasteiger partial charge in [0.05, 0.1) is 18.4 Å². The summed E-state index contributed by atoms with van der Waals surface area (Å²) < 4.78 is 36.7. The number of ether oxygens (including phenoxy) is 2. The molecule has 0 heterocycles. The molecule has 2 N–H and O–H groups in total. The molecule has 0 saturated heterocycles. The molecular formula is C17H12ClF2NO5. The summed E-state index contributed by atoms with van der Waals surface area (Å²) in [4.78, 5) is 23.5. The molecule has 0 atom stereocenters. The van der Waals surface area contributed by atoms with E-state index in [1.807, 2.05) is 0 Å². The Morgan fingerprint density at radius 1 is 1.19 bits per heavy atom. The first-order chi connectivity index (χ1) is 12.3. The van der Waals surface area contributed by atoms with E-state index in [1.54, 1.807) is 0 Å². The van der Waals surface area contributed by atoms with Crippen molar-refractivity contribution in [2.24, 2.45) is 0 Å². The van der Waals surface area contributed by atoms with Gasteiger partial charge in [0.25, 0.3) is 5.91 Å². The zero-order valence-electron chi connectivity index (χ0n) is 13.3. The van der Waals surface area contributed by atoms with Crippen LogP contribution in [0.15, 0.2) is 48.4 Å². The summed E-state index contributed by atoms with van der Waals surface area (Å²) in [6.45, 7) is 0. The number of halogens is 3. The summed E-state index contributed by atoms with van der Waals surface area (Å²) in [5.74, 6) is -4.69. The number of carbonyl (C=O) groups is 2. The van der Waals surface area contributed by atoms with Gasteiger partial charge in [-0.2, -0.15) is 0 Å². The first-order valence-corrected chi connectivity index (χ1v) is 7.39. The van der Waals surface area contributed by atoms with Gasteiger partial charge in [0, 0.05) is 11.1 Å². The minimum absolute atomic E-state index is 0.148. The van der Waals surface area contributed by atoms with Crippen LogP contribution in [-0.4, -0.2) is 24.1 Å². The Balaban J connectivity index is 2.37. The molecule has 2 rings (SSSR count). The normalized spacial score (nSPS) is 11.0. The van der Waals surface area contributed by atoms with Crippen molar-refractivity contribution in [3.8, 4) is 5.75 Å². The smallest absolute Gasteiger partial charge is 0.375 e. The van der Waals surface area contributed by atoms with Crippen LogP contribution < -0.4 is 10.1 Å². The second-order valence-electron chi connectivity index (χ2n) is 4.84. The monoisotopic (exact) mass is 383 g/mol. The van der Waals surface area contributed by atoms with E-state index < -0.39 is 35.0 Å². The molecule has 0 unspecified atom stereocenters. The summed E-state index contributed by atoms with van der Waals surface area (Å²) in [6.07, 6.45) is 0.824. The molecule has 6 nitrogen and oxygen atoms in total. The maximum absolute atomic E-state index is 13.7. The van der Waals surface area contributed by atoms with Gasteiger partial charge in [0.1, 0.15) is 23.6 Å². The number of amides is 1. The van der Waals surface area contributed by atoms with Gasteiger partial charge in [0.2, 0.25) is 5.76 Å². The fourth-order valence-corrected chi connectivity index (χ4v) is 2.07. The van der Waals surface area contributed by atoms with Gasteiger partial charge < -0.3 is 19.9 Å². The number of hydrogen-bond donors (Lipinski definition) is 2. The molecule has 9 heteroatoms. The second-order valence-corrected chi connectivity index (χ2v) is 5.28. The van der Waals surface area contributed by atoms with Crippen LogP contribution in [0.1, 0.15) is 10.4 Å². The standard InChI is InChI=1S/C17H12ClF2NO5/c1-25-8-15(17(23)24)26-14-5-2-9(18)6-11(14)16(22)21-13-7-10(19)3-4-12(13)20/h2-8H,1H3,(H,21,22)(H,23,24). The molecule has 0 aliphatic carbocycles. The number of carboxylic acid groups (broad SMARTS) is 1. The van der Waals surface area contributed by atoms with E-state index in [-0.39, 0.29) is 16.3 Å². The number of aliphatic carboxylic acids is 1. The summed E-state index contributed by atoms with van der Waals surface area (Å²) in [5, 5.41) is 11.4. The third-order valence-electron chi connectivity index (χ3n) is 3.02. The highest BCUT2D eigenvalue weighted by atomic mass is 35.5. The highest BCUT2D eigenvalue weighted by Crippen LogP contribution is 2.26. The molecule has 0 aromatic heterocycles. The number of rotatable bonds is 6. The highest BCUT2D eigenvalue weighted by molar-refractivity contribution is 6.31. The topological polar surface area (TPSA) is 84.9 Å². The number of nitrogens with one attached hydrogen (secondary N) is 1. The number of carbonyl (C=O) groups excluding carboxylic acids is 1. The number of hydrogen-bond acceptors (Lipinski definition) is 4. The van der Waals surface area contributed by atoms with E-state index in [9.17, 15) is 18.4 Å². The average Bonchev–Trinajstić information content (AvgIpc) is 2.58. The lowest BCUT2D eigenvalue weighted by Crippen LogP contribution is -2.16. The SMILES string of the molecule is COC=C(Oc1ccc(Cl)cc1C(=O)Nc1cc(F)ccc1F)C(=O)O. The van der Waals surface area contributed by atoms with Crippen LogP contribution in [-0.2, 0) is 9.53 Å². The number of carboxylic acids is 1. The first-order valence-electron chi connectivity index (χ1n) is 7.02. The predicted octanol–water partition coefficient (Wildman–Crippen LogP) is 3.82. The van der Waals surface area contributed by atoms with E-state index >= 15 is 0 Å². The van der Waals surface area contributed by atoms with Gasteiger partial charge in [-0.15, -0.1) is 0 Å². The largest absolute Gasteiger partial charge is 0.500 e. The Morgan fingerprint density at radius 3 is 2.58 bits per heavy atom. The van der Waals surface area contributed by atoms with Gasteiger partial charge in [-0.05, 0) is 30.3 Å². The molecule has 0 spiro atoms. The first kappa shape index (κ1) is 19.2. The molecule has 0 radical (unpaired) electrons. The summed E-state index contributed by atoms with van der Waals surface area (Å²) >= 11 is 5.86. The molecule has 2 aromatic carbocycles. The van der Waals surface area contributed by atoms with Crippen LogP contribution in [0.2, 0.25) is 5.02 Å². The molecule has 0 bridgehead atoms. The van der Waals surface area contributed by atoms with Crippen LogP contribution in [0.3, 0.4) is 0 Å². The Hall–Kier alpha value is -3.13. The third-order valence-corrected chi connectivity index (χ3v) is 3.25. The van der Waals surface area contributed by atoms with Gasteiger partial charge in [-0.25, -0.2) is 13.6 Å². The van der Waals surface area contributed by atoms with Crippen molar-refractivity contribution in [3.05, 3.63) is 70.6 Å². The third kappa shape index (κ3) is 4.70.